The molecule has 0 atom stereocenters. The topological polar surface area (TPSA) is 63.3 Å². The predicted molar refractivity (Wildman–Crippen MR) is 87.4 cm³/mol. The van der Waals surface area contributed by atoms with E-state index in [9.17, 15) is 9.90 Å². The third-order valence-electron chi connectivity index (χ3n) is 3.74. The number of carbonyl (C=O) groups is 1. The molecular weight excluding hydrogens is 290 g/mol. The highest BCUT2D eigenvalue weighted by Crippen LogP contribution is 2.26. The van der Waals surface area contributed by atoms with Gasteiger partial charge in [0.15, 0.2) is 5.76 Å². The fraction of sp³-hybridized carbons (Fsp3) is 0.158. The van der Waals surface area contributed by atoms with Gasteiger partial charge in [-0.1, -0.05) is 65.8 Å². The maximum Gasteiger partial charge on any atom is 0.341 e. The normalized spacial score (nSPS) is 10.6. The largest absolute Gasteiger partial charge is 0.477 e. The van der Waals surface area contributed by atoms with Crippen LogP contribution in [0.2, 0.25) is 0 Å². The Morgan fingerprint density at radius 3 is 2.26 bits per heavy atom. The number of carboxylic acids is 1. The number of aryl methyl sites for hydroxylation is 2. The third kappa shape index (κ3) is 3.48. The molecule has 0 amide bonds. The average Bonchev–Trinajstić information content (AvgIpc) is 3.01. The summed E-state index contributed by atoms with van der Waals surface area (Å²) in [5.74, 6) is -0.563. The van der Waals surface area contributed by atoms with Gasteiger partial charge >= 0.3 is 5.97 Å². The van der Waals surface area contributed by atoms with Crippen LogP contribution in [0.3, 0.4) is 0 Å². The van der Waals surface area contributed by atoms with E-state index in [4.69, 9.17) is 4.52 Å². The number of carboxylic acid groups (broad SMARTS) is 1. The molecule has 4 nitrogen and oxygen atoms in total. The van der Waals surface area contributed by atoms with E-state index in [1.807, 2.05) is 48.5 Å². The van der Waals surface area contributed by atoms with Crippen molar-refractivity contribution in [2.75, 3.05) is 0 Å². The van der Waals surface area contributed by atoms with Gasteiger partial charge in [-0.15, -0.1) is 0 Å². The minimum Gasteiger partial charge on any atom is -0.477 e. The Morgan fingerprint density at radius 2 is 1.61 bits per heavy atom. The lowest BCUT2D eigenvalue weighted by Gasteiger charge is -2.01. The van der Waals surface area contributed by atoms with Gasteiger partial charge in [-0.3, -0.25) is 0 Å². The van der Waals surface area contributed by atoms with Crippen molar-refractivity contribution < 1.29 is 14.4 Å². The van der Waals surface area contributed by atoms with Crippen molar-refractivity contribution in [1.29, 1.82) is 0 Å². The van der Waals surface area contributed by atoms with Gasteiger partial charge in [0.2, 0.25) is 0 Å². The summed E-state index contributed by atoms with van der Waals surface area (Å²) < 4.78 is 5.32. The highest BCUT2D eigenvalue weighted by atomic mass is 16.5. The van der Waals surface area contributed by atoms with E-state index in [2.05, 4.69) is 17.3 Å². The summed E-state index contributed by atoms with van der Waals surface area (Å²) in [5, 5.41) is 13.5. The van der Waals surface area contributed by atoms with Crippen molar-refractivity contribution in [1.82, 2.24) is 5.16 Å². The Morgan fingerprint density at radius 1 is 0.957 bits per heavy atom. The quantitative estimate of drug-likeness (QED) is 0.740. The van der Waals surface area contributed by atoms with E-state index in [1.54, 1.807) is 0 Å². The first-order chi connectivity index (χ1) is 11.3. The molecule has 0 aliphatic heterocycles. The van der Waals surface area contributed by atoms with Crippen LogP contribution in [0, 0.1) is 0 Å². The van der Waals surface area contributed by atoms with Crippen molar-refractivity contribution in [2.45, 2.75) is 19.3 Å². The maximum atomic E-state index is 11.6. The molecule has 1 heterocycles. The van der Waals surface area contributed by atoms with E-state index >= 15 is 0 Å². The van der Waals surface area contributed by atoms with Crippen molar-refractivity contribution in [3.8, 4) is 11.3 Å². The van der Waals surface area contributed by atoms with Crippen molar-refractivity contribution in [3.05, 3.63) is 77.6 Å². The molecule has 0 aliphatic rings. The van der Waals surface area contributed by atoms with Gasteiger partial charge in [-0.25, -0.2) is 4.79 Å². The van der Waals surface area contributed by atoms with Crippen LogP contribution < -0.4 is 0 Å². The monoisotopic (exact) mass is 307 g/mol. The molecule has 2 aromatic carbocycles. The van der Waals surface area contributed by atoms with E-state index in [-0.39, 0.29) is 5.56 Å². The molecule has 0 spiro atoms. The van der Waals surface area contributed by atoms with Crippen LogP contribution in [0.25, 0.3) is 11.3 Å². The Hall–Kier alpha value is -2.88. The van der Waals surface area contributed by atoms with Crippen LogP contribution >= 0.6 is 0 Å². The Balaban J connectivity index is 1.77. The predicted octanol–water partition coefficient (Wildman–Crippen LogP) is 4.22. The van der Waals surface area contributed by atoms with Gasteiger partial charge in [0.1, 0.15) is 11.3 Å². The maximum absolute atomic E-state index is 11.6. The number of hydrogen-bond acceptors (Lipinski definition) is 3. The summed E-state index contributed by atoms with van der Waals surface area (Å²) in [7, 11) is 0. The molecule has 0 bridgehead atoms. The molecule has 0 radical (unpaired) electrons. The fourth-order valence-corrected chi connectivity index (χ4v) is 2.61. The fourth-order valence-electron chi connectivity index (χ4n) is 2.61. The summed E-state index contributed by atoms with van der Waals surface area (Å²) in [5.41, 5.74) is 2.55. The van der Waals surface area contributed by atoms with Crippen LogP contribution in [-0.4, -0.2) is 16.2 Å². The van der Waals surface area contributed by atoms with E-state index in [1.165, 1.54) is 5.56 Å². The Labute approximate surface area is 134 Å². The zero-order valence-electron chi connectivity index (χ0n) is 12.6. The van der Waals surface area contributed by atoms with Crippen LogP contribution in [0.1, 0.15) is 28.1 Å². The average molecular weight is 307 g/mol. The lowest BCUT2D eigenvalue weighted by Crippen LogP contribution is -2.02. The van der Waals surface area contributed by atoms with Crippen molar-refractivity contribution >= 4 is 5.97 Å². The first kappa shape index (κ1) is 15.0. The van der Waals surface area contributed by atoms with Crippen LogP contribution in [-0.2, 0) is 12.8 Å². The second-order valence-corrected chi connectivity index (χ2v) is 5.34. The minimum absolute atomic E-state index is 0.171. The molecule has 0 saturated heterocycles. The highest BCUT2D eigenvalue weighted by molar-refractivity contribution is 5.95. The first-order valence-corrected chi connectivity index (χ1v) is 7.57. The van der Waals surface area contributed by atoms with Gasteiger partial charge in [-0.05, 0) is 18.4 Å². The molecule has 0 unspecified atom stereocenters. The molecule has 4 heteroatoms. The number of benzene rings is 2. The number of nitrogens with zero attached hydrogens (tertiary/aromatic N) is 1. The van der Waals surface area contributed by atoms with Gasteiger partial charge in [0, 0.05) is 12.0 Å². The number of aromatic nitrogens is 1. The summed E-state index contributed by atoms with van der Waals surface area (Å²) in [4.78, 5) is 11.6. The Kier molecular flexibility index (Phi) is 4.52. The van der Waals surface area contributed by atoms with E-state index < -0.39 is 5.97 Å². The van der Waals surface area contributed by atoms with Gasteiger partial charge in [-0.2, -0.15) is 0 Å². The summed E-state index contributed by atoms with van der Waals surface area (Å²) in [6.45, 7) is 0. The molecule has 1 aromatic heterocycles. The molecule has 0 aliphatic carbocycles. The minimum atomic E-state index is -1.00. The van der Waals surface area contributed by atoms with Crippen molar-refractivity contribution in [3.63, 3.8) is 0 Å². The number of rotatable bonds is 6. The first-order valence-electron chi connectivity index (χ1n) is 7.57. The molecule has 3 aromatic rings. The van der Waals surface area contributed by atoms with Gasteiger partial charge in [0.05, 0.1) is 0 Å². The van der Waals surface area contributed by atoms with Crippen LogP contribution in [0.4, 0.5) is 0 Å². The lowest BCUT2D eigenvalue weighted by atomic mass is 10.0. The zero-order valence-corrected chi connectivity index (χ0v) is 12.6. The van der Waals surface area contributed by atoms with Gasteiger partial charge in [0.25, 0.3) is 0 Å². The van der Waals surface area contributed by atoms with Gasteiger partial charge < -0.3 is 9.63 Å². The molecule has 23 heavy (non-hydrogen) atoms. The van der Waals surface area contributed by atoms with Crippen LogP contribution in [0.15, 0.2) is 65.2 Å². The molecule has 116 valence electrons. The second kappa shape index (κ2) is 6.92. The van der Waals surface area contributed by atoms with E-state index in [0.29, 0.717) is 17.9 Å². The molecule has 3 rings (SSSR count). The summed E-state index contributed by atoms with van der Waals surface area (Å²) in [6, 6.07) is 19.4. The standard InChI is InChI=1S/C19H17NO3/c21-19(22)17-16(13-7-10-14-8-3-1-4-9-14)23-20-18(17)15-11-5-2-6-12-15/h1-6,8-9,11-12H,7,10,13H2,(H,21,22). The van der Waals surface area contributed by atoms with Crippen LogP contribution in [0.5, 0.6) is 0 Å². The lowest BCUT2D eigenvalue weighted by molar-refractivity contribution is 0.0695. The van der Waals surface area contributed by atoms with Crippen molar-refractivity contribution in [2.24, 2.45) is 0 Å². The molecule has 0 fully saturated rings. The second-order valence-electron chi connectivity index (χ2n) is 5.34. The molecule has 1 N–H and O–H groups in total. The molecule has 0 saturated carbocycles. The Bertz CT molecular complexity index is 779. The highest BCUT2D eigenvalue weighted by Gasteiger charge is 2.22. The molecular formula is C19H17NO3. The zero-order chi connectivity index (χ0) is 16.1. The SMILES string of the molecule is O=C(O)c1c(-c2ccccc2)noc1CCCc1ccccc1. The smallest absolute Gasteiger partial charge is 0.341 e. The summed E-state index contributed by atoms with van der Waals surface area (Å²) in [6.07, 6.45) is 2.24. The third-order valence-corrected chi connectivity index (χ3v) is 3.74. The van der Waals surface area contributed by atoms with E-state index in [0.717, 1.165) is 18.4 Å². The number of aromatic carboxylic acids is 1. The summed E-state index contributed by atoms with van der Waals surface area (Å²) >= 11 is 0. The number of hydrogen-bond donors (Lipinski definition) is 1.